The van der Waals surface area contributed by atoms with E-state index in [4.69, 9.17) is 5.11 Å². The molecule has 0 atom stereocenters. The molecule has 78 valence electrons. The molecule has 0 aromatic carbocycles. The van der Waals surface area contributed by atoms with E-state index < -0.39 is 21.7 Å². The second-order valence-electron chi connectivity index (χ2n) is 2.31. The Kier molecular flexibility index (Phi) is 5.60. The van der Waals surface area contributed by atoms with Gasteiger partial charge in [-0.05, 0) is 6.42 Å². The van der Waals surface area contributed by atoms with Gasteiger partial charge >= 0.3 is 5.97 Å². The van der Waals surface area contributed by atoms with Gasteiger partial charge < -0.3 is 9.84 Å². The summed E-state index contributed by atoms with van der Waals surface area (Å²) in [7, 11) is -2.48. The predicted molar refractivity (Wildman–Crippen MR) is 45.5 cm³/mol. The maximum atomic E-state index is 11.0. The largest absolute Gasteiger partial charge is 0.468 e. The van der Waals surface area contributed by atoms with E-state index in [1.807, 2.05) is 0 Å². The lowest BCUT2D eigenvalue weighted by molar-refractivity contribution is -0.137. The molecule has 0 bridgehead atoms. The maximum Gasteiger partial charge on any atom is 0.322 e. The highest BCUT2D eigenvalue weighted by Gasteiger charge is 2.15. The van der Waals surface area contributed by atoms with Gasteiger partial charge in [0, 0.05) is 13.2 Å². The normalized spacial score (nSPS) is 11.2. The van der Waals surface area contributed by atoms with E-state index in [0.29, 0.717) is 6.42 Å². The van der Waals surface area contributed by atoms with E-state index in [1.54, 1.807) is 0 Å². The average molecular weight is 211 g/mol. The van der Waals surface area contributed by atoms with E-state index in [2.05, 4.69) is 9.46 Å². The number of hydrogen-bond acceptors (Lipinski definition) is 5. The highest BCUT2D eigenvalue weighted by atomic mass is 32.2. The molecule has 0 amide bonds. The van der Waals surface area contributed by atoms with Gasteiger partial charge in [0.2, 0.25) is 10.0 Å². The zero-order valence-electron chi connectivity index (χ0n) is 7.32. The molecule has 13 heavy (non-hydrogen) atoms. The SMILES string of the molecule is COC(=O)CS(=O)(=O)NCCCO. The van der Waals surface area contributed by atoms with Gasteiger partial charge in [-0.25, -0.2) is 13.1 Å². The Morgan fingerprint density at radius 3 is 2.62 bits per heavy atom. The molecule has 0 aliphatic heterocycles. The molecule has 2 N–H and O–H groups in total. The summed E-state index contributed by atoms with van der Waals surface area (Å²) in [6, 6.07) is 0. The molecule has 0 aliphatic rings. The van der Waals surface area contributed by atoms with E-state index >= 15 is 0 Å². The molecule has 0 saturated heterocycles. The Bertz CT molecular complexity index is 248. The molecule has 0 aromatic rings. The van der Waals surface area contributed by atoms with Crippen molar-refractivity contribution in [1.82, 2.24) is 4.72 Å². The molecule has 0 spiro atoms. The molecule has 0 aliphatic carbocycles. The van der Waals surface area contributed by atoms with Gasteiger partial charge in [0.15, 0.2) is 5.75 Å². The summed E-state index contributed by atoms with van der Waals surface area (Å²) in [4.78, 5) is 10.6. The van der Waals surface area contributed by atoms with E-state index in [0.717, 1.165) is 7.11 Å². The van der Waals surface area contributed by atoms with Crippen LogP contribution in [0.1, 0.15) is 6.42 Å². The summed E-state index contributed by atoms with van der Waals surface area (Å²) in [6.45, 7) is 0.0244. The Balaban J connectivity index is 3.88. The van der Waals surface area contributed by atoms with Crippen molar-refractivity contribution < 1.29 is 23.1 Å². The first-order valence-corrected chi connectivity index (χ1v) is 5.32. The summed E-state index contributed by atoms with van der Waals surface area (Å²) < 4.78 is 28.3. The fourth-order valence-corrected chi connectivity index (χ4v) is 1.56. The minimum Gasteiger partial charge on any atom is -0.468 e. The first-order valence-electron chi connectivity index (χ1n) is 3.67. The average Bonchev–Trinajstić information content (AvgIpc) is 2.03. The first-order chi connectivity index (χ1) is 6.02. The Morgan fingerprint density at radius 2 is 2.15 bits per heavy atom. The Morgan fingerprint density at radius 1 is 1.54 bits per heavy atom. The molecule has 7 heteroatoms. The molecule has 0 unspecified atom stereocenters. The molecule has 0 radical (unpaired) electrons. The van der Waals surface area contributed by atoms with Crippen LogP contribution in [0.3, 0.4) is 0 Å². The molecular weight excluding hydrogens is 198 g/mol. The monoisotopic (exact) mass is 211 g/mol. The molecule has 0 fully saturated rings. The third-order valence-electron chi connectivity index (χ3n) is 1.19. The number of nitrogens with one attached hydrogen (secondary N) is 1. The van der Waals surface area contributed by atoms with Gasteiger partial charge in [-0.3, -0.25) is 4.79 Å². The number of ether oxygens (including phenoxy) is 1. The fourth-order valence-electron chi connectivity index (χ4n) is 0.572. The number of hydrogen-bond donors (Lipinski definition) is 2. The zero-order valence-corrected chi connectivity index (χ0v) is 8.13. The first kappa shape index (κ1) is 12.3. The lowest BCUT2D eigenvalue weighted by atomic mass is 10.5. The second kappa shape index (κ2) is 5.90. The van der Waals surface area contributed by atoms with Crippen molar-refractivity contribution in [3.8, 4) is 0 Å². The maximum absolute atomic E-state index is 11.0. The number of methoxy groups -OCH3 is 1. The number of aliphatic hydroxyl groups excluding tert-OH is 1. The quantitative estimate of drug-likeness (QED) is 0.410. The highest BCUT2D eigenvalue weighted by molar-refractivity contribution is 7.90. The Labute approximate surface area is 76.9 Å². The van der Waals surface area contributed by atoms with Crippen molar-refractivity contribution in [3.05, 3.63) is 0 Å². The molecular formula is C6H13NO5S. The molecule has 0 heterocycles. The molecule has 0 aromatic heterocycles. The van der Waals surface area contributed by atoms with E-state index in [-0.39, 0.29) is 13.2 Å². The predicted octanol–water partition coefficient (Wildman–Crippen LogP) is -1.54. The number of aliphatic hydroxyl groups is 1. The third-order valence-corrected chi connectivity index (χ3v) is 2.45. The fraction of sp³-hybridized carbons (Fsp3) is 0.833. The van der Waals surface area contributed by atoms with E-state index in [1.165, 1.54) is 0 Å². The van der Waals surface area contributed by atoms with Gasteiger partial charge in [-0.2, -0.15) is 0 Å². The molecule has 0 saturated carbocycles. The van der Waals surface area contributed by atoms with Gasteiger partial charge in [0.05, 0.1) is 7.11 Å². The number of carbonyl (C=O) groups excluding carboxylic acids is 1. The summed E-state index contributed by atoms with van der Waals surface area (Å²) >= 11 is 0. The molecule has 6 nitrogen and oxygen atoms in total. The summed E-state index contributed by atoms with van der Waals surface area (Å²) in [5, 5.41) is 8.36. The minimum atomic E-state index is -3.60. The van der Waals surface area contributed by atoms with Crippen LogP contribution in [-0.4, -0.2) is 45.5 Å². The number of rotatable bonds is 6. The smallest absolute Gasteiger partial charge is 0.322 e. The van der Waals surface area contributed by atoms with Crippen LogP contribution in [0.15, 0.2) is 0 Å². The van der Waals surface area contributed by atoms with Crippen LogP contribution in [0.5, 0.6) is 0 Å². The standard InChI is InChI=1S/C6H13NO5S/c1-12-6(9)5-13(10,11)7-3-2-4-8/h7-8H,2-5H2,1H3. The van der Waals surface area contributed by atoms with Crippen molar-refractivity contribution in [1.29, 1.82) is 0 Å². The van der Waals surface area contributed by atoms with Crippen molar-refractivity contribution in [3.63, 3.8) is 0 Å². The van der Waals surface area contributed by atoms with Crippen LogP contribution in [0.2, 0.25) is 0 Å². The summed E-state index contributed by atoms with van der Waals surface area (Å²) in [5.41, 5.74) is 0. The van der Waals surface area contributed by atoms with Crippen molar-refractivity contribution in [2.75, 3.05) is 26.0 Å². The number of sulfonamides is 1. The zero-order chi connectivity index (χ0) is 10.3. The minimum absolute atomic E-state index is 0.0965. The third kappa shape index (κ3) is 6.50. The van der Waals surface area contributed by atoms with Crippen LogP contribution < -0.4 is 4.72 Å². The summed E-state index contributed by atoms with van der Waals surface area (Å²) in [5.74, 6) is -1.49. The van der Waals surface area contributed by atoms with Gasteiger partial charge in [0.1, 0.15) is 0 Å². The highest BCUT2D eigenvalue weighted by Crippen LogP contribution is 1.87. The summed E-state index contributed by atoms with van der Waals surface area (Å²) in [6.07, 6.45) is 0.320. The lowest BCUT2D eigenvalue weighted by Crippen LogP contribution is -2.31. The van der Waals surface area contributed by atoms with Crippen LogP contribution in [0.25, 0.3) is 0 Å². The van der Waals surface area contributed by atoms with Crippen LogP contribution >= 0.6 is 0 Å². The topological polar surface area (TPSA) is 92.7 Å². The van der Waals surface area contributed by atoms with Crippen molar-refractivity contribution >= 4 is 16.0 Å². The lowest BCUT2D eigenvalue weighted by Gasteiger charge is -2.03. The van der Waals surface area contributed by atoms with Crippen LogP contribution in [-0.2, 0) is 19.6 Å². The van der Waals surface area contributed by atoms with Crippen molar-refractivity contribution in [2.24, 2.45) is 0 Å². The van der Waals surface area contributed by atoms with Gasteiger partial charge in [-0.15, -0.1) is 0 Å². The van der Waals surface area contributed by atoms with Crippen LogP contribution in [0.4, 0.5) is 0 Å². The van der Waals surface area contributed by atoms with E-state index in [9.17, 15) is 13.2 Å². The van der Waals surface area contributed by atoms with Crippen molar-refractivity contribution in [2.45, 2.75) is 6.42 Å². The molecule has 0 rings (SSSR count). The van der Waals surface area contributed by atoms with Crippen LogP contribution in [0, 0.1) is 0 Å². The van der Waals surface area contributed by atoms with Gasteiger partial charge in [-0.1, -0.05) is 0 Å². The Hall–Kier alpha value is -0.660. The number of esters is 1. The number of carbonyl (C=O) groups is 1. The van der Waals surface area contributed by atoms with Gasteiger partial charge in [0.25, 0.3) is 0 Å². The second-order valence-corrected chi connectivity index (χ2v) is 4.11.